The molecule has 1 unspecified atom stereocenters. The van der Waals surface area contributed by atoms with Crippen LogP contribution in [0.2, 0.25) is 0 Å². The van der Waals surface area contributed by atoms with Crippen molar-refractivity contribution in [3.8, 4) is 17.6 Å². The van der Waals surface area contributed by atoms with Crippen LogP contribution in [0.4, 0.5) is 0 Å². The molecule has 5 heteroatoms. The van der Waals surface area contributed by atoms with Crippen LogP contribution in [0.15, 0.2) is 18.2 Å². The fraction of sp³-hybridized carbons (Fsp3) is 0.467. The van der Waals surface area contributed by atoms with E-state index in [1.807, 2.05) is 38.1 Å². The van der Waals surface area contributed by atoms with Crippen molar-refractivity contribution in [3.05, 3.63) is 23.8 Å². The fourth-order valence-electron chi connectivity index (χ4n) is 1.86. The third kappa shape index (κ3) is 4.47. The number of nitriles is 1. The van der Waals surface area contributed by atoms with Gasteiger partial charge in [-0.1, -0.05) is 13.0 Å². The maximum absolute atomic E-state index is 11.7. The standard InChI is InChI=1S/C15H20N2O3/c1-4-20-13-6-5-12(10-14(13)19-3)9-11(2)15(18)17-8-7-16/h5-6,10-11H,4,8-9H2,1-3H3,(H,17,18). The zero-order chi connectivity index (χ0) is 15.0. The molecule has 20 heavy (non-hydrogen) atoms. The molecule has 0 fully saturated rings. The number of nitrogens with zero attached hydrogens (tertiary/aromatic N) is 1. The summed E-state index contributed by atoms with van der Waals surface area (Å²) in [5.41, 5.74) is 0.991. The van der Waals surface area contributed by atoms with Gasteiger partial charge >= 0.3 is 0 Å². The summed E-state index contributed by atoms with van der Waals surface area (Å²) in [6, 6.07) is 7.53. The van der Waals surface area contributed by atoms with Crippen LogP contribution in [0.3, 0.4) is 0 Å². The summed E-state index contributed by atoms with van der Waals surface area (Å²) in [4.78, 5) is 11.7. The topological polar surface area (TPSA) is 71.3 Å². The van der Waals surface area contributed by atoms with E-state index in [9.17, 15) is 4.79 Å². The highest BCUT2D eigenvalue weighted by Crippen LogP contribution is 2.28. The van der Waals surface area contributed by atoms with Gasteiger partial charge < -0.3 is 14.8 Å². The van der Waals surface area contributed by atoms with Crippen molar-refractivity contribution in [3.63, 3.8) is 0 Å². The van der Waals surface area contributed by atoms with Crippen molar-refractivity contribution in [2.24, 2.45) is 5.92 Å². The molecule has 0 aliphatic heterocycles. The van der Waals surface area contributed by atoms with Crippen LogP contribution in [-0.2, 0) is 11.2 Å². The Morgan fingerprint density at radius 3 is 2.80 bits per heavy atom. The SMILES string of the molecule is CCOc1ccc(CC(C)C(=O)NCC#N)cc1OC. The van der Waals surface area contributed by atoms with E-state index >= 15 is 0 Å². The molecule has 0 saturated carbocycles. The monoisotopic (exact) mass is 276 g/mol. The van der Waals surface area contributed by atoms with Crippen LogP contribution < -0.4 is 14.8 Å². The van der Waals surface area contributed by atoms with Crippen molar-refractivity contribution in [2.45, 2.75) is 20.3 Å². The summed E-state index contributed by atoms with van der Waals surface area (Å²) in [5.74, 6) is 1.03. The van der Waals surface area contributed by atoms with Crippen LogP contribution >= 0.6 is 0 Å². The summed E-state index contributed by atoms with van der Waals surface area (Å²) in [5, 5.41) is 11.0. The van der Waals surface area contributed by atoms with Crippen molar-refractivity contribution < 1.29 is 14.3 Å². The van der Waals surface area contributed by atoms with E-state index < -0.39 is 0 Å². The molecule has 1 rings (SSSR count). The zero-order valence-electron chi connectivity index (χ0n) is 12.1. The van der Waals surface area contributed by atoms with Crippen LogP contribution in [0.25, 0.3) is 0 Å². The lowest BCUT2D eigenvalue weighted by atomic mass is 10.00. The maximum Gasteiger partial charge on any atom is 0.223 e. The number of carbonyl (C=O) groups excluding carboxylic acids is 1. The van der Waals surface area contributed by atoms with E-state index in [-0.39, 0.29) is 18.4 Å². The number of rotatable bonds is 7. The minimum Gasteiger partial charge on any atom is -0.493 e. The second-order valence-electron chi connectivity index (χ2n) is 4.40. The third-order valence-electron chi connectivity index (χ3n) is 2.86. The minimum atomic E-state index is -0.203. The summed E-state index contributed by atoms with van der Waals surface area (Å²) in [7, 11) is 1.59. The number of hydrogen-bond donors (Lipinski definition) is 1. The second-order valence-corrected chi connectivity index (χ2v) is 4.40. The Balaban J connectivity index is 2.73. The first-order valence-electron chi connectivity index (χ1n) is 6.56. The Bertz CT molecular complexity index is 494. The van der Waals surface area contributed by atoms with Gasteiger partial charge in [0.15, 0.2) is 11.5 Å². The van der Waals surface area contributed by atoms with E-state index in [0.717, 1.165) is 5.56 Å². The predicted molar refractivity (Wildman–Crippen MR) is 75.7 cm³/mol. The van der Waals surface area contributed by atoms with Gasteiger partial charge in [0.05, 0.1) is 19.8 Å². The summed E-state index contributed by atoms with van der Waals surface area (Å²) < 4.78 is 10.7. The average Bonchev–Trinajstić information content (AvgIpc) is 2.46. The minimum absolute atomic E-state index is 0.0375. The molecule has 1 aromatic rings. The first-order valence-corrected chi connectivity index (χ1v) is 6.56. The van der Waals surface area contributed by atoms with Gasteiger partial charge in [0.25, 0.3) is 0 Å². The molecule has 0 radical (unpaired) electrons. The normalized spacial score (nSPS) is 11.3. The Morgan fingerprint density at radius 1 is 1.45 bits per heavy atom. The van der Waals surface area contributed by atoms with Crippen LogP contribution in [0.1, 0.15) is 19.4 Å². The molecule has 0 aliphatic rings. The van der Waals surface area contributed by atoms with E-state index in [4.69, 9.17) is 14.7 Å². The second kappa shape index (κ2) is 8.05. The summed E-state index contributed by atoms with van der Waals surface area (Å²) in [6.07, 6.45) is 0.583. The van der Waals surface area contributed by atoms with Crippen molar-refractivity contribution in [1.82, 2.24) is 5.32 Å². The van der Waals surface area contributed by atoms with Crippen molar-refractivity contribution >= 4 is 5.91 Å². The molecule has 0 heterocycles. The molecular formula is C15H20N2O3. The lowest BCUT2D eigenvalue weighted by Crippen LogP contribution is -2.30. The molecule has 0 aliphatic carbocycles. The van der Waals surface area contributed by atoms with Gasteiger partial charge in [-0.3, -0.25) is 4.79 Å². The quantitative estimate of drug-likeness (QED) is 0.772. The molecule has 1 atom stereocenters. The van der Waals surface area contributed by atoms with E-state index in [2.05, 4.69) is 5.32 Å². The molecule has 0 saturated heterocycles. The van der Waals surface area contributed by atoms with Gasteiger partial charge in [-0.2, -0.15) is 5.26 Å². The van der Waals surface area contributed by atoms with Gasteiger partial charge in [0.1, 0.15) is 6.54 Å². The molecule has 0 spiro atoms. The van der Waals surface area contributed by atoms with E-state index in [0.29, 0.717) is 24.5 Å². The Labute approximate surface area is 119 Å². The summed E-state index contributed by atoms with van der Waals surface area (Å²) >= 11 is 0. The van der Waals surface area contributed by atoms with Gasteiger partial charge in [-0.15, -0.1) is 0 Å². The molecule has 0 bridgehead atoms. The molecule has 1 N–H and O–H groups in total. The van der Waals surface area contributed by atoms with Crippen LogP contribution in [-0.4, -0.2) is 26.2 Å². The average molecular weight is 276 g/mol. The fourth-order valence-corrected chi connectivity index (χ4v) is 1.86. The largest absolute Gasteiger partial charge is 0.493 e. The molecule has 0 aromatic heterocycles. The Hall–Kier alpha value is -2.22. The van der Waals surface area contributed by atoms with E-state index in [1.165, 1.54) is 0 Å². The highest BCUT2D eigenvalue weighted by Gasteiger charge is 2.14. The molecule has 108 valence electrons. The lowest BCUT2D eigenvalue weighted by molar-refractivity contribution is -0.124. The number of methoxy groups -OCH3 is 1. The number of amides is 1. The molecular weight excluding hydrogens is 256 g/mol. The number of carbonyl (C=O) groups is 1. The number of hydrogen-bond acceptors (Lipinski definition) is 4. The highest BCUT2D eigenvalue weighted by atomic mass is 16.5. The first-order chi connectivity index (χ1) is 9.62. The van der Waals surface area contributed by atoms with Gasteiger partial charge in [0.2, 0.25) is 5.91 Å². The third-order valence-corrected chi connectivity index (χ3v) is 2.86. The number of nitrogens with one attached hydrogen (secondary N) is 1. The van der Waals surface area contributed by atoms with E-state index in [1.54, 1.807) is 7.11 Å². The first kappa shape index (κ1) is 15.8. The maximum atomic E-state index is 11.7. The highest BCUT2D eigenvalue weighted by molar-refractivity contribution is 5.78. The predicted octanol–water partition coefficient (Wildman–Crippen LogP) is 1.91. The number of benzene rings is 1. The van der Waals surface area contributed by atoms with Crippen LogP contribution in [0, 0.1) is 17.2 Å². The molecule has 1 amide bonds. The van der Waals surface area contributed by atoms with Gasteiger partial charge in [0, 0.05) is 5.92 Å². The molecule has 5 nitrogen and oxygen atoms in total. The molecule has 1 aromatic carbocycles. The smallest absolute Gasteiger partial charge is 0.223 e. The zero-order valence-corrected chi connectivity index (χ0v) is 12.1. The lowest BCUT2D eigenvalue weighted by Gasteiger charge is -2.13. The van der Waals surface area contributed by atoms with Crippen LogP contribution in [0.5, 0.6) is 11.5 Å². The summed E-state index contributed by atoms with van der Waals surface area (Å²) in [6.45, 7) is 4.35. The Morgan fingerprint density at radius 2 is 2.20 bits per heavy atom. The van der Waals surface area contributed by atoms with Crippen molar-refractivity contribution in [1.29, 1.82) is 5.26 Å². The number of ether oxygens (including phenoxy) is 2. The van der Waals surface area contributed by atoms with Gasteiger partial charge in [-0.25, -0.2) is 0 Å². The van der Waals surface area contributed by atoms with Gasteiger partial charge in [-0.05, 0) is 31.0 Å². The van der Waals surface area contributed by atoms with Crippen molar-refractivity contribution in [2.75, 3.05) is 20.3 Å². The Kier molecular flexibility index (Phi) is 6.38.